The van der Waals surface area contributed by atoms with Crippen molar-refractivity contribution in [3.63, 3.8) is 0 Å². The Morgan fingerprint density at radius 1 is 1.82 bits per heavy atom. The highest BCUT2D eigenvalue weighted by Gasteiger charge is 2.20. The van der Waals surface area contributed by atoms with Gasteiger partial charge in [-0.15, -0.1) is 0 Å². The van der Waals surface area contributed by atoms with E-state index < -0.39 is 12.6 Å². The van der Waals surface area contributed by atoms with Gasteiger partial charge in [-0.1, -0.05) is 0 Å². The minimum absolute atomic E-state index is 0.156. The molecule has 1 rings (SSSR count). The van der Waals surface area contributed by atoms with Crippen LogP contribution in [0.25, 0.3) is 0 Å². The fraction of sp³-hybridized carbons (Fsp3) is 0.857. The number of nitrogens with one attached hydrogen (secondary N) is 1. The summed E-state index contributed by atoms with van der Waals surface area (Å²) in [6, 6.07) is 0.156. The van der Waals surface area contributed by atoms with Gasteiger partial charge in [0, 0.05) is 12.6 Å². The van der Waals surface area contributed by atoms with Gasteiger partial charge in [0.2, 0.25) is 0 Å². The molecule has 0 aromatic carbocycles. The quantitative estimate of drug-likeness (QED) is 0.605. The molecule has 11 heavy (non-hydrogen) atoms. The summed E-state index contributed by atoms with van der Waals surface area (Å²) >= 11 is 0. The molecular formula is C7H13FN2O. The van der Waals surface area contributed by atoms with Crippen LogP contribution in [0.15, 0.2) is 0 Å². The molecule has 1 saturated heterocycles. The van der Waals surface area contributed by atoms with Crippen LogP contribution in [-0.4, -0.2) is 43.7 Å². The Morgan fingerprint density at radius 2 is 2.55 bits per heavy atom. The largest absolute Gasteiger partial charge is 0.350 e. The van der Waals surface area contributed by atoms with Crippen molar-refractivity contribution in [2.45, 2.75) is 12.5 Å². The molecular weight excluding hydrogens is 147 g/mol. The van der Waals surface area contributed by atoms with Gasteiger partial charge < -0.3 is 10.2 Å². The lowest BCUT2D eigenvalue weighted by molar-refractivity contribution is -0.122. The van der Waals surface area contributed by atoms with Crippen LogP contribution >= 0.6 is 0 Å². The van der Waals surface area contributed by atoms with Crippen molar-refractivity contribution >= 4 is 5.91 Å². The number of likely N-dealkylation sites (tertiary alicyclic amines) is 1. The standard InChI is InChI=1S/C7H13FN2O/c1-10-3-2-6(5-10)9-7(11)4-8/h6H,2-5H2,1H3,(H,9,11). The Balaban J connectivity index is 2.23. The number of rotatable bonds is 2. The molecule has 0 radical (unpaired) electrons. The molecule has 1 fully saturated rings. The van der Waals surface area contributed by atoms with Gasteiger partial charge in [-0.3, -0.25) is 4.79 Å². The van der Waals surface area contributed by atoms with Crippen molar-refractivity contribution in [2.24, 2.45) is 0 Å². The third-order valence-corrected chi connectivity index (χ3v) is 1.88. The van der Waals surface area contributed by atoms with E-state index in [9.17, 15) is 9.18 Å². The topological polar surface area (TPSA) is 32.3 Å². The van der Waals surface area contributed by atoms with Crippen molar-refractivity contribution in [1.82, 2.24) is 10.2 Å². The van der Waals surface area contributed by atoms with Crippen LogP contribution in [0.4, 0.5) is 4.39 Å². The molecule has 1 aliphatic heterocycles. The Hall–Kier alpha value is -0.640. The number of hydrogen-bond donors (Lipinski definition) is 1. The van der Waals surface area contributed by atoms with Gasteiger partial charge >= 0.3 is 0 Å². The summed E-state index contributed by atoms with van der Waals surface area (Å²) in [5.41, 5.74) is 0. The lowest BCUT2D eigenvalue weighted by Gasteiger charge is -2.10. The summed E-state index contributed by atoms with van der Waals surface area (Å²) < 4.78 is 11.7. The third-order valence-electron chi connectivity index (χ3n) is 1.88. The molecule has 1 amide bonds. The van der Waals surface area contributed by atoms with Crippen LogP contribution in [0.3, 0.4) is 0 Å². The molecule has 3 nitrogen and oxygen atoms in total. The van der Waals surface area contributed by atoms with E-state index in [1.165, 1.54) is 0 Å². The predicted octanol–water partition coefficient (Wildman–Crippen LogP) is -0.224. The minimum atomic E-state index is -0.903. The first-order valence-corrected chi connectivity index (χ1v) is 3.76. The van der Waals surface area contributed by atoms with Gasteiger partial charge in [0.1, 0.15) is 0 Å². The fourth-order valence-corrected chi connectivity index (χ4v) is 1.32. The van der Waals surface area contributed by atoms with Gasteiger partial charge in [-0.05, 0) is 20.0 Å². The normalized spacial score (nSPS) is 25.5. The van der Waals surface area contributed by atoms with E-state index in [0.29, 0.717) is 0 Å². The first kappa shape index (κ1) is 8.46. The lowest BCUT2D eigenvalue weighted by atomic mass is 10.2. The number of amides is 1. The Bertz CT molecular complexity index is 151. The summed E-state index contributed by atoms with van der Waals surface area (Å²) in [6.45, 7) is 0.920. The minimum Gasteiger partial charge on any atom is -0.350 e. The van der Waals surface area contributed by atoms with E-state index in [0.717, 1.165) is 19.5 Å². The molecule has 1 N–H and O–H groups in total. The molecule has 1 aliphatic rings. The van der Waals surface area contributed by atoms with Gasteiger partial charge in [0.15, 0.2) is 6.67 Å². The summed E-state index contributed by atoms with van der Waals surface area (Å²) in [5.74, 6) is -0.495. The molecule has 1 heterocycles. The first-order valence-electron chi connectivity index (χ1n) is 3.76. The molecule has 64 valence electrons. The number of carbonyl (C=O) groups is 1. The lowest BCUT2D eigenvalue weighted by Crippen LogP contribution is -2.37. The Labute approximate surface area is 65.6 Å². The molecule has 0 aromatic heterocycles. The maximum atomic E-state index is 11.7. The first-order chi connectivity index (χ1) is 5.22. The van der Waals surface area contributed by atoms with E-state index >= 15 is 0 Å². The number of alkyl halides is 1. The van der Waals surface area contributed by atoms with Crippen molar-refractivity contribution in [3.05, 3.63) is 0 Å². The Morgan fingerprint density at radius 3 is 3.00 bits per heavy atom. The van der Waals surface area contributed by atoms with Crippen LogP contribution < -0.4 is 5.32 Å². The highest BCUT2D eigenvalue weighted by atomic mass is 19.1. The monoisotopic (exact) mass is 160 g/mol. The molecule has 1 unspecified atom stereocenters. The second-order valence-corrected chi connectivity index (χ2v) is 2.95. The number of hydrogen-bond acceptors (Lipinski definition) is 2. The summed E-state index contributed by atoms with van der Waals surface area (Å²) in [4.78, 5) is 12.7. The number of halogens is 1. The van der Waals surface area contributed by atoms with Gasteiger partial charge in [-0.2, -0.15) is 0 Å². The van der Waals surface area contributed by atoms with E-state index in [2.05, 4.69) is 10.2 Å². The van der Waals surface area contributed by atoms with Crippen LogP contribution in [0.5, 0.6) is 0 Å². The molecule has 0 spiro atoms. The average molecular weight is 160 g/mol. The van der Waals surface area contributed by atoms with E-state index in [1.807, 2.05) is 7.05 Å². The smallest absolute Gasteiger partial charge is 0.251 e. The van der Waals surface area contributed by atoms with Crippen LogP contribution in [0, 0.1) is 0 Å². The summed E-state index contributed by atoms with van der Waals surface area (Å²) in [6.07, 6.45) is 0.933. The van der Waals surface area contributed by atoms with Gasteiger partial charge in [0.05, 0.1) is 0 Å². The Kier molecular flexibility index (Phi) is 2.82. The number of likely N-dealkylation sites (N-methyl/N-ethyl adjacent to an activating group) is 1. The second-order valence-electron chi connectivity index (χ2n) is 2.95. The zero-order valence-corrected chi connectivity index (χ0v) is 6.64. The molecule has 1 atom stereocenters. The molecule has 0 aliphatic carbocycles. The van der Waals surface area contributed by atoms with Crippen LogP contribution in [0.1, 0.15) is 6.42 Å². The van der Waals surface area contributed by atoms with Crippen molar-refractivity contribution in [2.75, 3.05) is 26.8 Å². The number of carbonyl (C=O) groups excluding carboxylic acids is 1. The maximum Gasteiger partial charge on any atom is 0.251 e. The van der Waals surface area contributed by atoms with E-state index in [1.54, 1.807) is 0 Å². The van der Waals surface area contributed by atoms with E-state index in [-0.39, 0.29) is 6.04 Å². The maximum absolute atomic E-state index is 11.7. The van der Waals surface area contributed by atoms with E-state index in [4.69, 9.17) is 0 Å². The molecule has 0 aromatic rings. The van der Waals surface area contributed by atoms with Crippen LogP contribution in [0.2, 0.25) is 0 Å². The number of nitrogens with zero attached hydrogens (tertiary/aromatic N) is 1. The fourth-order valence-electron chi connectivity index (χ4n) is 1.32. The van der Waals surface area contributed by atoms with Gasteiger partial charge in [0.25, 0.3) is 5.91 Å². The second kappa shape index (κ2) is 3.67. The molecule has 0 saturated carbocycles. The predicted molar refractivity (Wildman–Crippen MR) is 40.0 cm³/mol. The average Bonchev–Trinajstić information content (AvgIpc) is 2.35. The molecule has 4 heteroatoms. The zero-order chi connectivity index (χ0) is 8.27. The highest BCUT2D eigenvalue weighted by Crippen LogP contribution is 2.05. The molecule has 0 bridgehead atoms. The van der Waals surface area contributed by atoms with Crippen molar-refractivity contribution in [3.8, 4) is 0 Å². The van der Waals surface area contributed by atoms with Gasteiger partial charge in [-0.25, -0.2) is 4.39 Å². The van der Waals surface area contributed by atoms with Crippen molar-refractivity contribution in [1.29, 1.82) is 0 Å². The summed E-state index contributed by atoms with van der Waals surface area (Å²) in [7, 11) is 1.99. The van der Waals surface area contributed by atoms with Crippen molar-refractivity contribution < 1.29 is 9.18 Å². The highest BCUT2D eigenvalue weighted by molar-refractivity contribution is 5.77. The third kappa shape index (κ3) is 2.46. The summed E-state index contributed by atoms with van der Waals surface area (Å²) in [5, 5.41) is 2.60. The SMILES string of the molecule is CN1CCC(NC(=O)CF)C1. The zero-order valence-electron chi connectivity index (χ0n) is 6.64. The van der Waals surface area contributed by atoms with Crippen LogP contribution in [-0.2, 0) is 4.79 Å².